The second-order valence-corrected chi connectivity index (χ2v) is 9.48. The maximum atomic E-state index is 11.0. The van der Waals surface area contributed by atoms with E-state index >= 15 is 0 Å². The van der Waals surface area contributed by atoms with Gasteiger partial charge in [0.1, 0.15) is 0 Å². The average molecular weight is 352 g/mol. The molecule has 0 radical (unpaired) electrons. The first-order valence-electron chi connectivity index (χ1n) is 9.74. The van der Waals surface area contributed by atoms with Crippen LogP contribution in [0.3, 0.4) is 0 Å². The molecule has 142 valence electrons. The van der Waals surface area contributed by atoms with Gasteiger partial charge in [0, 0.05) is 12.5 Å². The first-order valence-corrected chi connectivity index (χ1v) is 9.74. The van der Waals surface area contributed by atoms with Crippen molar-refractivity contribution in [2.45, 2.75) is 70.9 Å². The van der Waals surface area contributed by atoms with Crippen molar-refractivity contribution in [2.75, 3.05) is 13.2 Å². The SMILES string of the molecule is CC(CO)[C@H]1[C@@H](O)[C@@H](O)[C@@H]2[C@H]3OCC4=C3[C@@](C)(CC[C@@H]4O)CC[C@@]21C. The number of ether oxygens (including phenoxy) is 1. The zero-order valence-corrected chi connectivity index (χ0v) is 15.5. The van der Waals surface area contributed by atoms with Gasteiger partial charge in [0.15, 0.2) is 0 Å². The van der Waals surface area contributed by atoms with Crippen LogP contribution in [0.4, 0.5) is 0 Å². The Bertz CT molecular complexity index is 589. The minimum absolute atomic E-state index is 0.000749. The van der Waals surface area contributed by atoms with E-state index in [0.29, 0.717) is 6.61 Å². The Kier molecular flexibility index (Phi) is 4.14. The molecule has 2 saturated carbocycles. The van der Waals surface area contributed by atoms with Gasteiger partial charge in [0.25, 0.3) is 0 Å². The molecular weight excluding hydrogens is 320 g/mol. The molecule has 1 aliphatic heterocycles. The number of hydrogen-bond donors (Lipinski definition) is 4. The molecule has 5 heteroatoms. The molecule has 9 atom stereocenters. The second kappa shape index (κ2) is 5.77. The van der Waals surface area contributed by atoms with Crippen LogP contribution in [0.2, 0.25) is 0 Å². The molecule has 1 unspecified atom stereocenters. The van der Waals surface area contributed by atoms with Crippen LogP contribution >= 0.6 is 0 Å². The van der Waals surface area contributed by atoms with Gasteiger partial charge in [-0.05, 0) is 59.5 Å². The standard InChI is InChI=1S/C20H32O5/c1-10(8-21)13-16(23)17(24)15-18-14-11(9-25-18)12(22)4-5-19(14,2)6-7-20(13,15)3/h10,12-13,15-18,21-24H,4-9H2,1-3H3/t10?,12-,13-,15+,16+,17-,18-,19-,20+/m0/s1. The lowest BCUT2D eigenvalue weighted by molar-refractivity contribution is -0.0436. The van der Waals surface area contributed by atoms with Gasteiger partial charge >= 0.3 is 0 Å². The minimum Gasteiger partial charge on any atom is -0.396 e. The van der Waals surface area contributed by atoms with Gasteiger partial charge in [-0.15, -0.1) is 0 Å². The highest BCUT2D eigenvalue weighted by atomic mass is 16.5. The Morgan fingerprint density at radius 1 is 1.12 bits per heavy atom. The Hall–Kier alpha value is -0.460. The molecule has 25 heavy (non-hydrogen) atoms. The minimum atomic E-state index is -0.859. The van der Waals surface area contributed by atoms with Gasteiger partial charge < -0.3 is 25.2 Å². The lowest BCUT2D eigenvalue weighted by atomic mass is 9.65. The zero-order valence-electron chi connectivity index (χ0n) is 15.5. The van der Waals surface area contributed by atoms with E-state index < -0.39 is 18.3 Å². The highest BCUT2D eigenvalue weighted by Gasteiger charge is 2.65. The summed E-state index contributed by atoms with van der Waals surface area (Å²) in [6.45, 7) is 6.83. The van der Waals surface area contributed by atoms with Crippen molar-refractivity contribution in [3.63, 3.8) is 0 Å². The highest BCUT2D eigenvalue weighted by molar-refractivity contribution is 5.38. The topological polar surface area (TPSA) is 90.2 Å². The van der Waals surface area contributed by atoms with Crippen LogP contribution in [0.15, 0.2) is 11.1 Å². The third kappa shape index (κ3) is 2.26. The van der Waals surface area contributed by atoms with Crippen molar-refractivity contribution >= 4 is 0 Å². The molecule has 0 bridgehead atoms. The highest BCUT2D eigenvalue weighted by Crippen LogP contribution is 2.64. The van der Waals surface area contributed by atoms with Crippen molar-refractivity contribution < 1.29 is 25.2 Å². The van der Waals surface area contributed by atoms with Crippen molar-refractivity contribution in [1.82, 2.24) is 0 Å². The van der Waals surface area contributed by atoms with E-state index in [9.17, 15) is 20.4 Å². The smallest absolute Gasteiger partial charge is 0.0863 e. The lowest BCUT2D eigenvalue weighted by Crippen LogP contribution is -2.41. The van der Waals surface area contributed by atoms with E-state index in [1.165, 1.54) is 5.57 Å². The number of rotatable bonds is 2. The van der Waals surface area contributed by atoms with E-state index in [0.717, 1.165) is 31.3 Å². The second-order valence-electron chi connectivity index (χ2n) is 9.48. The van der Waals surface area contributed by atoms with E-state index in [2.05, 4.69) is 13.8 Å². The molecular formula is C20H32O5. The summed E-state index contributed by atoms with van der Waals surface area (Å²) in [5.41, 5.74) is 1.92. The lowest BCUT2D eigenvalue weighted by Gasteiger charge is -2.40. The summed E-state index contributed by atoms with van der Waals surface area (Å²) >= 11 is 0. The molecule has 4 aliphatic rings. The van der Waals surface area contributed by atoms with Crippen molar-refractivity contribution in [2.24, 2.45) is 28.6 Å². The van der Waals surface area contributed by atoms with Crippen LogP contribution in [0.5, 0.6) is 0 Å². The van der Waals surface area contributed by atoms with Crippen molar-refractivity contribution in [3.05, 3.63) is 11.1 Å². The van der Waals surface area contributed by atoms with Crippen LogP contribution in [0.1, 0.15) is 46.5 Å². The number of aliphatic hydroxyl groups excluding tert-OH is 4. The van der Waals surface area contributed by atoms with Crippen molar-refractivity contribution in [1.29, 1.82) is 0 Å². The van der Waals surface area contributed by atoms with Crippen LogP contribution in [-0.2, 0) is 4.74 Å². The predicted octanol–water partition coefficient (Wildman–Crippen LogP) is 1.24. The Balaban J connectivity index is 1.83. The Labute approximate surface area is 149 Å². The van der Waals surface area contributed by atoms with Gasteiger partial charge in [0.2, 0.25) is 0 Å². The largest absolute Gasteiger partial charge is 0.396 e. The first kappa shape index (κ1) is 17.9. The maximum Gasteiger partial charge on any atom is 0.0863 e. The third-order valence-corrected chi connectivity index (χ3v) is 8.12. The molecule has 0 aromatic heterocycles. The molecule has 2 fully saturated rings. The summed E-state index contributed by atoms with van der Waals surface area (Å²) in [4.78, 5) is 0. The van der Waals surface area contributed by atoms with Crippen LogP contribution in [0.25, 0.3) is 0 Å². The van der Waals surface area contributed by atoms with Crippen molar-refractivity contribution in [3.8, 4) is 0 Å². The molecule has 0 aromatic rings. The molecule has 0 amide bonds. The summed E-state index contributed by atoms with van der Waals surface area (Å²) in [6.07, 6.45) is 1.20. The molecule has 3 aliphatic carbocycles. The van der Waals surface area contributed by atoms with Gasteiger partial charge in [-0.25, -0.2) is 0 Å². The monoisotopic (exact) mass is 352 g/mol. The van der Waals surface area contributed by atoms with Gasteiger partial charge in [-0.1, -0.05) is 20.8 Å². The van der Waals surface area contributed by atoms with Gasteiger partial charge in [0.05, 0.1) is 31.0 Å². The summed E-state index contributed by atoms with van der Waals surface area (Å²) in [6, 6.07) is 0. The quantitative estimate of drug-likeness (QED) is 0.562. The molecule has 1 heterocycles. The van der Waals surface area contributed by atoms with Crippen LogP contribution < -0.4 is 0 Å². The molecule has 4 N–H and O–H groups in total. The van der Waals surface area contributed by atoms with E-state index in [1.54, 1.807) is 0 Å². The van der Waals surface area contributed by atoms with E-state index in [-0.39, 0.29) is 41.3 Å². The van der Waals surface area contributed by atoms with Crippen LogP contribution in [-0.4, -0.2) is 58.1 Å². The zero-order chi connectivity index (χ0) is 18.1. The third-order valence-electron chi connectivity index (χ3n) is 8.12. The fourth-order valence-corrected chi connectivity index (χ4v) is 6.77. The van der Waals surface area contributed by atoms with Gasteiger partial charge in [-0.3, -0.25) is 0 Å². The molecule has 0 aromatic carbocycles. The van der Waals surface area contributed by atoms with E-state index in [4.69, 9.17) is 4.74 Å². The summed E-state index contributed by atoms with van der Waals surface area (Å²) in [7, 11) is 0. The summed E-state index contributed by atoms with van der Waals surface area (Å²) in [5, 5.41) is 42.0. The number of aliphatic hydroxyl groups is 4. The number of hydrogen-bond acceptors (Lipinski definition) is 5. The fraction of sp³-hybridized carbons (Fsp3) is 0.900. The Morgan fingerprint density at radius 3 is 2.52 bits per heavy atom. The average Bonchev–Trinajstić information content (AvgIpc) is 3.06. The van der Waals surface area contributed by atoms with Gasteiger partial charge in [-0.2, -0.15) is 0 Å². The Morgan fingerprint density at radius 2 is 1.84 bits per heavy atom. The molecule has 0 spiro atoms. The summed E-state index contributed by atoms with van der Waals surface area (Å²) < 4.78 is 6.18. The molecule has 5 nitrogen and oxygen atoms in total. The first-order chi connectivity index (χ1) is 11.7. The fourth-order valence-electron chi connectivity index (χ4n) is 6.77. The number of fused-ring (bicyclic) bond motifs is 2. The predicted molar refractivity (Wildman–Crippen MR) is 92.7 cm³/mol. The normalized spacial score (nSPS) is 53.4. The molecule has 4 rings (SSSR count). The van der Waals surface area contributed by atoms with Crippen LogP contribution in [0, 0.1) is 28.6 Å². The molecule has 0 saturated heterocycles. The van der Waals surface area contributed by atoms with E-state index in [1.807, 2.05) is 6.92 Å². The summed E-state index contributed by atoms with van der Waals surface area (Å²) in [5.74, 6) is -0.423. The maximum absolute atomic E-state index is 11.0.